The van der Waals surface area contributed by atoms with E-state index in [0.717, 1.165) is 58.1 Å². The highest BCUT2D eigenvalue weighted by atomic mass is 16.5. The Bertz CT molecular complexity index is 261. The fourth-order valence-electron chi connectivity index (χ4n) is 1.70. The molecular formula is C16H35N3O3. The summed E-state index contributed by atoms with van der Waals surface area (Å²) in [7, 11) is 3.47. The molecule has 132 valence electrons. The van der Waals surface area contributed by atoms with Crippen LogP contribution in [0, 0.1) is 5.92 Å². The van der Waals surface area contributed by atoms with Gasteiger partial charge < -0.3 is 24.8 Å². The largest absolute Gasteiger partial charge is 0.382 e. The molecule has 0 atom stereocenters. The Balaban J connectivity index is 3.37. The van der Waals surface area contributed by atoms with E-state index in [0.29, 0.717) is 19.1 Å². The van der Waals surface area contributed by atoms with Crippen LogP contribution in [0.3, 0.4) is 0 Å². The Kier molecular flexibility index (Phi) is 15.9. The lowest BCUT2D eigenvalue weighted by Gasteiger charge is -2.12. The Hall–Kier alpha value is -0.850. The van der Waals surface area contributed by atoms with Crippen LogP contribution in [0.2, 0.25) is 0 Å². The predicted molar refractivity (Wildman–Crippen MR) is 91.6 cm³/mol. The van der Waals surface area contributed by atoms with Gasteiger partial charge in [0.25, 0.3) is 0 Å². The van der Waals surface area contributed by atoms with Crippen molar-refractivity contribution in [1.82, 2.24) is 10.6 Å². The van der Waals surface area contributed by atoms with Crippen molar-refractivity contribution in [3.63, 3.8) is 0 Å². The van der Waals surface area contributed by atoms with Crippen LogP contribution in [-0.4, -0.2) is 66.2 Å². The molecule has 0 saturated heterocycles. The molecule has 22 heavy (non-hydrogen) atoms. The van der Waals surface area contributed by atoms with Gasteiger partial charge in [-0.2, -0.15) is 0 Å². The number of nitrogens with one attached hydrogen (secondary N) is 2. The number of hydrogen-bond donors (Lipinski definition) is 2. The molecular weight excluding hydrogens is 282 g/mol. The third-order valence-corrected chi connectivity index (χ3v) is 2.87. The van der Waals surface area contributed by atoms with Crippen LogP contribution in [0.5, 0.6) is 0 Å². The Labute approximate surface area is 136 Å². The molecule has 0 aromatic heterocycles. The number of methoxy groups -OCH3 is 1. The lowest BCUT2D eigenvalue weighted by Crippen LogP contribution is -2.38. The second-order valence-corrected chi connectivity index (χ2v) is 5.56. The van der Waals surface area contributed by atoms with Gasteiger partial charge in [0.05, 0.1) is 13.2 Å². The van der Waals surface area contributed by atoms with Crippen LogP contribution in [0.4, 0.5) is 0 Å². The van der Waals surface area contributed by atoms with Gasteiger partial charge in [0.1, 0.15) is 0 Å². The summed E-state index contributed by atoms with van der Waals surface area (Å²) in [5.41, 5.74) is 0. The minimum atomic E-state index is 0.598. The maximum absolute atomic E-state index is 5.54. The van der Waals surface area contributed by atoms with Crippen molar-refractivity contribution in [2.45, 2.75) is 33.1 Å². The number of rotatable bonds is 14. The van der Waals surface area contributed by atoms with E-state index in [-0.39, 0.29) is 0 Å². The number of aliphatic imine (C=N–C) groups is 1. The van der Waals surface area contributed by atoms with Crippen LogP contribution in [0.15, 0.2) is 4.99 Å². The molecule has 6 heteroatoms. The summed E-state index contributed by atoms with van der Waals surface area (Å²) in [6.07, 6.45) is 3.09. The molecule has 0 radical (unpaired) electrons. The van der Waals surface area contributed by atoms with Gasteiger partial charge in [0.2, 0.25) is 0 Å². The maximum Gasteiger partial charge on any atom is 0.190 e. The first kappa shape index (κ1) is 21.1. The van der Waals surface area contributed by atoms with Gasteiger partial charge >= 0.3 is 0 Å². The molecule has 0 aromatic rings. The van der Waals surface area contributed by atoms with E-state index in [1.807, 2.05) is 0 Å². The molecule has 0 rings (SSSR count). The number of nitrogens with zero attached hydrogens (tertiary/aromatic N) is 1. The van der Waals surface area contributed by atoms with Gasteiger partial charge in [-0.25, -0.2) is 0 Å². The molecule has 0 amide bonds. The van der Waals surface area contributed by atoms with Crippen molar-refractivity contribution in [3.05, 3.63) is 0 Å². The third kappa shape index (κ3) is 15.5. The van der Waals surface area contributed by atoms with Crippen molar-refractivity contribution >= 4 is 5.96 Å². The predicted octanol–water partition coefficient (Wildman–Crippen LogP) is 1.66. The number of hydrogen-bond acceptors (Lipinski definition) is 4. The summed E-state index contributed by atoms with van der Waals surface area (Å²) in [6.45, 7) is 9.83. The lowest BCUT2D eigenvalue weighted by molar-refractivity contribution is 0.0689. The highest BCUT2D eigenvalue weighted by Gasteiger charge is 1.98. The zero-order valence-electron chi connectivity index (χ0n) is 14.8. The second kappa shape index (κ2) is 16.5. The maximum atomic E-state index is 5.54. The van der Waals surface area contributed by atoms with Crippen LogP contribution in [0.1, 0.15) is 33.1 Å². The van der Waals surface area contributed by atoms with E-state index in [9.17, 15) is 0 Å². The first-order valence-electron chi connectivity index (χ1n) is 8.29. The summed E-state index contributed by atoms with van der Waals surface area (Å²) in [4.78, 5) is 4.20. The molecule has 2 N–H and O–H groups in total. The van der Waals surface area contributed by atoms with E-state index in [2.05, 4.69) is 29.5 Å². The minimum Gasteiger partial charge on any atom is -0.382 e. The highest BCUT2D eigenvalue weighted by molar-refractivity contribution is 5.79. The SMILES string of the molecule is CN=C(NCCCCOCCOC)NCCCOCC(C)C. The molecule has 0 spiro atoms. The fraction of sp³-hybridized carbons (Fsp3) is 0.938. The van der Waals surface area contributed by atoms with Crippen molar-refractivity contribution in [2.24, 2.45) is 10.9 Å². The normalized spacial score (nSPS) is 12.0. The average molecular weight is 317 g/mol. The first-order valence-corrected chi connectivity index (χ1v) is 8.29. The average Bonchev–Trinajstić information content (AvgIpc) is 2.50. The van der Waals surface area contributed by atoms with Crippen LogP contribution in [0.25, 0.3) is 0 Å². The van der Waals surface area contributed by atoms with E-state index >= 15 is 0 Å². The topological polar surface area (TPSA) is 64.1 Å². The zero-order valence-corrected chi connectivity index (χ0v) is 14.8. The van der Waals surface area contributed by atoms with Gasteiger partial charge in [-0.05, 0) is 25.2 Å². The molecule has 6 nitrogen and oxygen atoms in total. The Morgan fingerprint density at radius 2 is 1.59 bits per heavy atom. The van der Waals surface area contributed by atoms with Crippen molar-refractivity contribution in [2.75, 3.05) is 60.3 Å². The molecule has 0 saturated carbocycles. The highest BCUT2D eigenvalue weighted by Crippen LogP contribution is 1.93. The summed E-state index contributed by atoms with van der Waals surface area (Å²) < 4.78 is 15.9. The molecule has 0 aromatic carbocycles. The van der Waals surface area contributed by atoms with Crippen molar-refractivity contribution in [3.8, 4) is 0 Å². The van der Waals surface area contributed by atoms with Gasteiger partial charge in [0, 0.05) is 47.1 Å². The summed E-state index contributed by atoms with van der Waals surface area (Å²) >= 11 is 0. The first-order chi connectivity index (χ1) is 10.7. The van der Waals surface area contributed by atoms with Crippen molar-refractivity contribution in [1.29, 1.82) is 0 Å². The van der Waals surface area contributed by atoms with E-state index in [1.54, 1.807) is 14.2 Å². The van der Waals surface area contributed by atoms with Crippen LogP contribution >= 0.6 is 0 Å². The number of unbranched alkanes of at least 4 members (excludes halogenated alkanes) is 1. The van der Waals surface area contributed by atoms with Gasteiger partial charge in [-0.1, -0.05) is 13.8 Å². The standard InChI is InChI=1S/C16H35N3O3/c1-15(2)14-22-11-7-9-19-16(17-3)18-8-5-6-10-21-13-12-20-4/h15H,5-14H2,1-4H3,(H2,17,18,19). The van der Waals surface area contributed by atoms with Gasteiger partial charge in [-0.15, -0.1) is 0 Å². The number of ether oxygens (including phenoxy) is 3. The monoisotopic (exact) mass is 317 g/mol. The molecule has 0 fully saturated rings. The fourth-order valence-corrected chi connectivity index (χ4v) is 1.70. The molecule has 0 bridgehead atoms. The minimum absolute atomic E-state index is 0.598. The zero-order chi connectivity index (χ0) is 16.5. The van der Waals surface area contributed by atoms with Crippen LogP contribution in [-0.2, 0) is 14.2 Å². The van der Waals surface area contributed by atoms with E-state index < -0.39 is 0 Å². The lowest BCUT2D eigenvalue weighted by atomic mass is 10.2. The second-order valence-electron chi connectivity index (χ2n) is 5.56. The Morgan fingerprint density at radius 1 is 0.909 bits per heavy atom. The quantitative estimate of drug-likeness (QED) is 0.290. The van der Waals surface area contributed by atoms with Crippen molar-refractivity contribution < 1.29 is 14.2 Å². The number of guanidine groups is 1. The van der Waals surface area contributed by atoms with Crippen LogP contribution < -0.4 is 10.6 Å². The molecule has 0 unspecified atom stereocenters. The summed E-state index contributed by atoms with van der Waals surface area (Å²) in [6, 6.07) is 0. The third-order valence-electron chi connectivity index (χ3n) is 2.87. The summed E-state index contributed by atoms with van der Waals surface area (Å²) in [5, 5.41) is 6.59. The van der Waals surface area contributed by atoms with E-state index in [4.69, 9.17) is 14.2 Å². The molecule has 0 aliphatic rings. The van der Waals surface area contributed by atoms with Gasteiger partial charge in [0.15, 0.2) is 5.96 Å². The smallest absolute Gasteiger partial charge is 0.190 e. The van der Waals surface area contributed by atoms with Gasteiger partial charge in [-0.3, -0.25) is 4.99 Å². The molecule has 0 aliphatic heterocycles. The summed E-state index contributed by atoms with van der Waals surface area (Å²) in [5.74, 6) is 1.45. The molecule has 0 aliphatic carbocycles. The van der Waals surface area contributed by atoms with E-state index in [1.165, 1.54) is 0 Å². The Morgan fingerprint density at radius 3 is 2.23 bits per heavy atom. The molecule has 0 heterocycles.